The zero-order valence-electron chi connectivity index (χ0n) is 11.2. The maximum atomic E-state index is 5.83. The molecule has 0 aromatic heterocycles. The van der Waals surface area contributed by atoms with Gasteiger partial charge in [0, 0.05) is 25.8 Å². The summed E-state index contributed by atoms with van der Waals surface area (Å²) in [5.74, 6) is 0. The van der Waals surface area contributed by atoms with Gasteiger partial charge in [-0.3, -0.25) is 4.90 Å². The molecule has 0 atom stereocenters. The van der Waals surface area contributed by atoms with Crippen molar-refractivity contribution in [2.75, 3.05) is 32.8 Å². The minimum Gasteiger partial charge on any atom is -0.381 e. The van der Waals surface area contributed by atoms with Crippen molar-refractivity contribution in [2.45, 2.75) is 46.1 Å². The second kappa shape index (κ2) is 6.58. The summed E-state index contributed by atoms with van der Waals surface area (Å²) in [4.78, 5) is 2.62. The van der Waals surface area contributed by atoms with Crippen LogP contribution in [0.25, 0.3) is 0 Å². The SMILES string of the molecule is CCCN(CC(C)(C)CN)C1CCOCC1. The summed E-state index contributed by atoms with van der Waals surface area (Å²) < 4.78 is 5.43. The monoisotopic (exact) mass is 228 g/mol. The summed E-state index contributed by atoms with van der Waals surface area (Å²) in [6.45, 7) is 11.7. The predicted octanol–water partition coefficient (Wildman–Crippen LogP) is 1.86. The first-order chi connectivity index (χ1) is 7.59. The smallest absolute Gasteiger partial charge is 0.0480 e. The lowest BCUT2D eigenvalue weighted by Gasteiger charge is -2.39. The molecule has 0 saturated carbocycles. The van der Waals surface area contributed by atoms with Crippen LogP contribution in [0.5, 0.6) is 0 Å². The summed E-state index contributed by atoms with van der Waals surface area (Å²) >= 11 is 0. The lowest BCUT2D eigenvalue weighted by molar-refractivity contribution is 0.0212. The summed E-state index contributed by atoms with van der Waals surface area (Å²) in [6.07, 6.45) is 3.58. The van der Waals surface area contributed by atoms with Gasteiger partial charge in [-0.05, 0) is 37.8 Å². The van der Waals surface area contributed by atoms with Gasteiger partial charge in [0.15, 0.2) is 0 Å². The molecule has 3 heteroatoms. The summed E-state index contributed by atoms with van der Waals surface area (Å²) in [6, 6.07) is 0.708. The first kappa shape index (κ1) is 13.9. The molecule has 1 aliphatic rings. The van der Waals surface area contributed by atoms with Gasteiger partial charge in [0.1, 0.15) is 0 Å². The van der Waals surface area contributed by atoms with Crippen LogP contribution in [0.1, 0.15) is 40.0 Å². The standard InChI is InChI=1S/C13H28N2O/c1-4-7-15(11-13(2,3)10-14)12-5-8-16-9-6-12/h12H,4-11,14H2,1-3H3. The van der Waals surface area contributed by atoms with E-state index >= 15 is 0 Å². The number of hydrogen-bond donors (Lipinski definition) is 1. The number of ether oxygens (including phenoxy) is 1. The van der Waals surface area contributed by atoms with Gasteiger partial charge in [-0.15, -0.1) is 0 Å². The van der Waals surface area contributed by atoms with Crippen LogP contribution in [-0.4, -0.2) is 43.8 Å². The molecule has 1 heterocycles. The van der Waals surface area contributed by atoms with Crippen molar-refractivity contribution in [1.82, 2.24) is 4.90 Å². The van der Waals surface area contributed by atoms with E-state index in [0.29, 0.717) is 6.04 Å². The van der Waals surface area contributed by atoms with Gasteiger partial charge in [-0.25, -0.2) is 0 Å². The fraction of sp³-hybridized carbons (Fsp3) is 1.00. The van der Waals surface area contributed by atoms with Crippen LogP contribution in [0.3, 0.4) is 0 Å². The van der Waals surface area contributed by atoms with Gasteiger partial charge in [-0.1, -0.05) is 20.8 Å². The molecule has 96 valence electrons. The molecule has 0 aromatic rings. The molecule has 0 bridgehead atoms. The molecule has 0 unspecified atom stereocenters. The third-order valence-electron chi connectivity index (χ3n) is 3.40. The van der Waals surface area contributed by atoms with Gasteiger partial charge in [0.2, 0.25) is 0 Å². The molecule has 1 fully saturated rings. The topological polar surface area (TPSA) is 38.5 Å². The minimum atomic E-state index is 0.230. The molecule has 16 heavy (non-hydrogen) atoms. The van der Waals surface area contributed by atoms with Crippen molar-refractivity contribution < 1.29 is 4.74 Å². The van der Waals surface area contributed by atoms with Crippen LogP contribution < -0.4 is 5.73 Å². The zero-order valence-corrected chi connectivity index (χ0v) is 11.2. The van der Waals surface area contributed by atoms with Crippen molar-refractivity contribution in [3.63, 3.8) is 0 Å². The highest BCUT2D eigenvalue weighted by Gasteiger charge is 2.26. The maximum absolute atomic E-state index is 5.83. The van der Waals surface area contributed by atoms with E-state index < -0.39 is 0 Å². The highest BCUT2D eigenvalue weighted by Crippen LogP contribution is 2.21. The van der Waals surface area contributed by atoms with Crippen LogP contribution in [-0.2, 0) is 4.74 Å². The molecular formula is C13H28N2O. The van der Waals surface area contributed by atoms with Crippen molar-refractivity contribution in [1.29, 1.82) is 0 Å². The van der Waals surface area contributed by atoms with E-state index in [2.05, 4.69) is 25.7 Å². The highest BCUT2D eigenvalue weighted by atomic mass is 16.5. The summed E-state index contributed by atoms with van der Waals surface area (Å²) in [7, 11) is 0. The molecule has 1 saturated heterocycles. The molecular weight excluding hydrogens is 200 g/mol. The fourth-order valence-corrected chi connectivity index (χ4v) is 2.34. The molecule has 0 aliphatic carbocycles. The number of nitrogens with zero attached hydrogens (tertiary/aromatic N) is 1. The van der Waals surface area contributed by atoms with Gasteiger partial charge < -0.3 is 10.5 Å². The van der Waals surface area contributed by atoms with Gasteiger partial charge >= 0.3 is 0 Å². The minimum absolute atomic E-state index is 0.230. The number of rotatable bonds is 6. The number of hydrogen-bond acceptors (Lipinski definition) is 3. The lowest BCUT2D eigenvalue weighted by atomic mass is 9.91. The second-order valence-electron chi connectivity index (χ2n) is 5.68. The molecule has 0 radical (unpaired) electrons. The Balaban J connectivity index is 2.51. The van der Waals surface area contributed by atoms with Crippen LogP contribution in [0, 0.1) is 5.41 Å². The predicted molar refractivity (Wildman–Crippen MR) is 68.5 cm³/mol. The van der Waals surface area contributed by atoms with Crippen LogP contribution in [0.4, 0.5) is 0 Å². The Bertz CT molecular complexity index is 188. The first-order valence-corrected chi connectivity index (χ1v) is 6.61. The van der Waals surface area contributed by atoms with Crippen molar-refractivity contribution in [3.8, 4) is 0 Å². The van der Waals surface area contributed by atoms with E-state index in [0.717, 1.165) is 26.3 Å². The third-order valence-corrected chi connectivity index (χ3v) is 3.40. The summed E-state index contributed by atoms with van der Waals surface area (Å²) in [5, 5.41) is 0. The van der Waals surface area contributed by atoms with E-state index in [1.807, 2.05) is 0 Å². The van der Waals surface area contributed by atoms with E-state index in [1.165, 1.54) is 25.8 Å². The van der Waals surface area contributed by atoms with Crippen molar-refractivity contribution >= 4 is 0 Å². The van der Waals surface area contributed by atoms with Gasteiger partial charge in [-0.2, -0.15) is 0 Å². The van der Waals surface area contributed by atoms with Crippen LogP contribution in [0.15, 0.2) is 0 Å². The Labute approximate surface area is 100 Å². The molecule has 0 spiro atoms. The first-order valence-electron chi connectivity index (χ1n) is 6.61. The molecule has 2 N–H and O–H groups in total. The van der Waals surface area contributed by atoms with E-state index in [4.69, 9.17) is 10.5 Å². The third kappa shape index (κ3) is 4.40. The Morgan fingerprint density at radius 1 is 1.31 bits per heavy atom. The van der Waals surface area contributed by atoms with Crippen LogP contribution in [0.2, 0.25) is 0 Å². The van der Waals surface area contributed by atoms with Crippen molar-refractivity contribution in [3.05, 3.63) is 0 Å². The normalized spacial score (nSPS) is 19.3. The Morgan fingerprint density at radius 3 is 2.44 bits per heavy atom. The maximum Gasteiger partial charge on any atom is 0.0480 e. The van der Waals surface area contributed by atoms with Gasteiger partial charge in [0.05, 0.1) is 0 Å². The Morgan fingerprint density at radius 2 is 1.94 bits per heavy atom. The van der Waals surface area contributed by atoms with E-state index in [9.17, 15) is 0 Å². The average Bonchev–Trinajstić information content (AvgIpc) is 2.29. The summed E-state index contributed by atoms with van der Waals surface area (Å²) in [5.41, 5.74) is 6.06. The van der Waals surface area contributed by atoms with Crippen molar-refractivity contribution in [2.24, 2.45) is 11.1 Å². The second-order valence-corrected chi connectivity index (χ2v) is 5.68. The van der Waals surface area contributed by atoms with E-state index in [1.54, 1.807) is 0 Å². The largest absolute Gasteiger partial charge is 0.381 e. The van der Waals surface area contributed by atoms with E-state index in [-0.39, 0.29) is 5.41 Å². The average molecular weight is 228 g/mol. The molecule has 3 nitrogen and oxygen atoms in total. The van der Waals surface area contributed by atoms with Crippen LogP contribution >= 0.6 is 0 Å². The molecule has 0 amide bonds. The number of nitrogens with two attached hydrogens (primary N) is 1. The quantitative estimate of drug-likeness (QED) is 0.754. The highest BCUT2D eigenvalue weighted by molar-refractivity contribution is 4.81. The molecule has 0 aromatic carbocycles. The Kier molecular flexibility index (Phi) is 5.73. The molecule has 1 aliphatic heterocycles. The lowest BCUT2D eigenvalue weighted by Crippen LogP contribution is -2.46. The Hall–Kier alpha value is -0.120. The molecule has 1 rings (SSSR count). The van der Waals surface area contributed by atoms with Gasteiger partial charge in [0.25, 0.3) is 0 Å². The zero-order chi connectivity index (χ0) is 12.0. The fourth-order valence-electron chi connectivity index (χ4n) is 2.34.